The van der Waals surface area contributed by atoms with Crippen LogP contribution < -0.4 is 10.7 Å². The van der Waals surface area contributed by atoms with E-state index >= 15 is 0 Å². The van der Waals surface area contributed by atoms with Crippen LogP contribution in [-0.2, 0) is 12.8 Å². The maximum absolute atomic E-state index is 13.3. The van der Waals surface area contributed by atoms with Crippen LogP contribution in [0.5, 0.6) is 0 Å². The van der Waals surface area contributed by atoms with Gasteiger partial charge in [-0.2, -0.15) is 0 Å². The lowest BCUT2D eigenvalue weighted by Crippen LogP contribution is -2.33. The molecule has 0 radical (unpaired) electrons. The average Bonchev–Trinajstić information content (AvgIpc) is 3.29. The summed E-state index contributed by atoms with van der Waals surface area (Å²) < 4.78 is 2.09. The van der Waals surface area contributed by atoms with Crippen molar-refractivity contribution in [3.63, 3.8) is 0 Å². The van der Waals surface area contributed by atoms with Crippen molar-refractivity contribution in [2.24, 2.45) is 0 Å². The Hall–Kier alpha value is -3.16. The SMILES string of the molecule is Cc1cc(=O)c(C(=O)NCCc2ccccn2)c2n1-c1ccccc1SC(c1cccs1)C2. The van der Waals surface area contributed by atoms with Gasteiger partial charge >= 0.3 is 0 Å². The summed E-state index contributed by atoms with van der Waals surface area (Å²) in [5.41, 5.74) is 3.52. The van der Waals surface area contributed by atoms with Gasteiger partial charge in [0.1, 0.15) is 5.56 Å². The van der Waals surface area contributed by atoms with Gasteiger partial charge in [-0.25, -0.2) is 0 Å². The average molecular weight is 474 g/mol. The highest BCUT2D eigenvalue weighted by Crippen LogP contribution is 2.45. The number of thiophene rings is 1. The third-order valence-electron chi connectivity index (χ3n) is 5.73. The molecule has 1 aliphatic heterocycles. The molecule has 4 aromatic rings. The van der Waals surface area contributed by atoms with Gasteiger partial charge in [-0.05, 0) is 42.6 Å². The van der Waals surface area contributed by atoms with E-state index in [-0.39, 0.29) is 22.1 Å². The molecule has 0 spiro atoms. The maximum atomic E-state index is 13.3. The number of nitrogens with zero attached hydrogens (tertiary/aromatic N) is 2. The Morgan fingerprint density at radius 2 is 2.00 bits per heavy atom. The molecule has 0 saturated carbocycles. The molecule has 3 aromatic heterocycles. The summed E-state index contributed by atoms with van der Waals surface area (Å²) >= 11 is 3.50. The number of carbonyl (C=O) groups is 1. The van der Waals surface area contributed by atoms with Crippen LogP contribution in [0, 0.1) is 6.92 Å². The second-order valence-corrected chi connectivity index (χ2v) is 10.2. The van der Waals surface area contributed by atoms with Gasteiger partial charge in [0, 0.05) is 63.8 Å². The monoisotopic (exact) mass is 473 g/mol. The standard InChI is InChI=1S/C26H23N3O2S2/c1-17-15-21(30)25(26(31)28-13-11-18-7-4-5-12-27-18)20-16-24(23-10-6-14-32-23)33-22-9-3-2-8-19(22)29(17)20/h2-10,12,14-15,24H,11,13,16H2,1H3,(H,28,31). The molecule has 0 fully saturated rings. The Kier molecular flexibility index (Phi) is 6.15. The maximum Gasteiger partial charge on any atom is 0.257 e. The summed E-state index contributed by atoms with van der Waals surface area (Å²) in [6.07, 6.45) is 2.95. The third kappa shape index (κ3) is 4.38. The van der Waals surface area contributed by atoms with E-state index in [9.17, 15) is 9.59 Å². The van der Waals surface area contributed by atoms with Gasteiger partial charge in [0.05, 0.1) is 5.69 Å². The fourth-order valence-corrected chi connectivity index (χ4v) is 6.45. The lowest BCUT2D eigenvalue weighted by atomic mass is 10.0. The van der Waals surface area contributed by atoms with Crippen molar-refractivity contribution < 1.29 is 4.79 Å². The van der Waals surface area contributed by atoms with Crippen molar-refractivity contribution in [1.82, 2.24) is 14.9 Å². The summed E-state index contributed by atoms with van der Waals surface area (Å²) in [5, 5.41) is 5.15. The van der Waals surface area contributed by atoms with Crippen LogP contribution >= 0.6 is 23.1 Å². The minimum Gasteiger partial charge on any atom is -0.351 e. The quantitative estimate of drug-likeness (QED) is 0.445. The number of hydrogen-bond donors (Lipinski definition) is 1. The van der Waals surface area contributed by atoms with E-state index in [4.69, 9.17) is 0 Å². The first kappa shape index (κ1) is 21.7. The molecule has 0 bridgehead atoms. The Balaban J connectivity index is 1.55. The topological polar surface area (TPSA) is 64.0 Å². The first-order valence-corrected chi connectivity index (χ1v) is 12.6. The molecule has 7 heteroatoms. The number of rotatable bonds is 5. The van der Waals surface area contributed by atoms with E-state index < -0.39 is 0 Å². The highest BCUT2D eigenvalue weighted by molar-refractivity contribution is 7.99. The van der Waals surface area contributed by atoms with Gasteiger partial charge < -0.3 is 9.88 Å². The van der Waals surface area contributed by atoms with Crippen molar-refractivity contribution in [1.29, 1.82) is 0 Å². The summed E-state index contributed by atoms with van der Waals surface area (Å²) in [5.74, 6) is -0.325. The Morgan fingerprint density at radius 3 is 2.79 bits per heavy atom. The molecule has 1 unspecified atom stereocenters. The minimum atomic E-state index is -0.325. The van der Waals surface area contributed by atoms with Crippen LogP contribution in [-0.4, -0.2) is 22.0 Å². The molecule has 1 N–H and O–H groups in total. The van der Waals surface area contributed by atoms with Crippen LogP contribution in [0.15, 0.2) is 81.9 Å². The molecule has 0 saturated heterocycles. The van der Waals surface area contributed by atoms with Gasteiger partial charge in [0.2, 0.25) is 0 Å². The molecule has 0 aliphatic carbocycles. The summed E-state index contributed by atoms with van der Waals surface area (Å²) in [6, 6.07) is 19.7. The van der Waals surface area contributed by atoms with Crippen LogP contribution in [0.25, 0.3) is 5.69 Å². The first-order chi connectivity index (χ1) is 16.1. The number of hydrogen-bond acceptors (Lipinski definition) is 5. The molecular formula is C26H23N3O2S2. The summed E-state index contributed by atoms with van der Waals surface area (Å²) in [7, 11) is 0. The lowest BCUT2D eigenvalue weighted by Gasteiger charge is -2.19. The molecule has 4 heterocycles. The zero-order chi connectivity index (χ0) is 22.8. The van der Waals surface area contributed by atoms with Crippen molar-refractivity contribution in [2.45, 2.75) is 29.9 Å². The number of benzene rings is 1. The Labute approximate surface area is 200 Å². The third-order valence-corrected chi connectivity index (χ3v) is 8.17. The van der Waals surface area contributed by atoms with Crippen molar-refractivity contribution in [3.05, 3.63) is 110 Å². The number of nitrogens with one attached hydrogen (secondary N) is 1. The van der Waals surface area contributed by atoms with E-state index in [1.165, 1.54) is 4.88 Å². The van der Waals surface area contributed by atoms with Crippen LogP contribution in [0.1, 0.15) is 37.6 Å². The van der Waals surface area contributed by atoms with E-state index in [0.717, 1.165) is 27.7 Å². The van der Waals surface area contributed by atoms with Gasteiger partial charge in [-0.15, -0.1) is 23.1 Å². The van der Waals surface area contributed by atoms with E-state index in [1.54, 1.807) is 35.4 Å². The number of pyridine rings is 2. The van der Waals surface area contributed by atoms with Gasteiger partial charge in [0.25, 0.3) is 5.91 Å². The predicted octanol–water partition coefficient (Wildman–Crippen LogP) is 4.96. The van der Waals surface area contributed by atoms with Crippen molar-refractivity contribution in [3.8, 4) is 5.69 Å². The van der Waals surface area contributed by atoms with Crippen LogP contribution in [0.4, 0.5) is 0 Å². The van der Waals surface area contributed by atoms with Crippen molar-refractivity contribution in [2.75, 3.05) is 6.54 Å². The number of thioether (sulfide) groups is 1. The van der Waals surface area contributed by atoms with Crippen LogP contribution in [0.3, 0.4) is 0 Å². The van der Waals surface area contributed by atoms with Gasteiger partial charge in [-0.1, -0.05) is 24.3 Å². The molecule has 1 amide bonds. The Bertz CT molecular complexity index is 1350. The summed E-state index contributed by atoms with van der Waals surface area (Å²) in [4.78, 5) is 33.1. The molecule has 1 aliphatic rings. The lowest BCUT2D eigenvalue weighted by molar-refractivity contribution is 0.0951. The molecule has 33 heavy (non-hydrogen) atoms. The van der Waals surface area contributed by atoms with Crippen LogP contribution in [0.2, 0.25) is 0 Å². The van der Waals surface area contributed by atoms with E-state index in [0.29, 0.717) is 19.4 Å². The molecule has 166 valence electrons. The normalized spacial score (nSPS) is 14.8. The summed E-state index contributed by atoms with van der Waals surface area (Å²) in [6.45, 7) is 2.35. The zero-order valence-electron chi connectivity index (χ0n) is 18.2. The fourth-order valence-electron chi connectivity index (χ4n) is 4.25. The first-order valence-electron chi connectivity index (χ1n) is 10.8. The highest BCUT2D eigenvalue weighted by atomic mass is 32.2. The number of aryl methyl sites for hydroxylation is 1. The number of fused-ring (bicyclic) bond motifs is 3. The molecule has 1 aromatic carbocycles. The van der Waals surface area contributed by atoms with Crippen molar-refractivity contribution >= 4 is 29.0 Å². The molecule has 1 atom stereocenters. The van der Waals surface area contributed by atoms with Gasteiger partial charge in [-0.3, -0.25) is 14.6 Å². The molecule has 5 nitrogen and oxygen atoms in total. The number of carbonyl (C=O) groups excluding carboxylic acids is 1. The number of para-hydroxylation sites is 1. The largest absolute Gasteiger partial charge is 0.351 e. The van der Waals surface area contributed by atoms with E-state index in [2.05, 4.69) is 38.4 Å². The van der Waals surface area contributed by atoms with E-state index in [1.807, 2.05) is 43.3 Å². The zero-order valence-corrected chi connectivity index (χ0v) is 19.8. The second kappa shape index (κ2) is 9.37. The highest BCUT2D eigenvalue weighted by Gasteiger charge is 2.29. The Morgan fingerprint density at radius 1 is 1.15 bits per heavy atom. The smallest absolute Gasteiger partial charge is 0.257 e. The predicted molar refractivity (Wildman–Crippen MR) is 134 cm³/mol. The number of aromatic nitrogens is 2. The number of amides is 1. The minimum absolute atomic E-state index is 0.126. The second-order valence-electron chi connectivity index (χ2n) is 7.93. The fraction of sp³-hybridized carbons (Fsp3) is 0.192. The molecular weight excluding hydrogens is 450 g/mol. The van der Waals surface area contributed by atoms with Gasteiger partial charge in [0.15, 0.2) is 5.43 Å². The molecule has 5 rings (SSSR count).